The molecule has 0 aromatic carbocycles. The van der Waals surface area contributed by atoms with Crippen molar-refractivity contribution in [3.63, 3.8) is 0 Å². The molecule has 72 valence electrons. The van der Waals surface area contributed by atoms with E-state index >= 15 is 0 Å². The second kappa shape index (κ2) is 4.43. The molecule has 0 aromatic rings. The number of hydrogen-bond acceptors (Lipinski definition) is 1. The molecule has 1 atom stereocenters. The van der Waals surface area contributed by atoms with Crippen molar-refractivity contribution < 1.29 is 14.3 Å². The first kappa shape index (κ1) is 11.4. The van der Waals surface area contributed by atoms with Gasteiger partial charge in [0.2, 0.25) is 0 Å². The van der Waals surface area contributed by atoms with E-state index in [9.17, 15) is 9.18 Å². The highest BCUT2D eigenvalue weighted by molar-refractivity contribution is 5.74. The molecule has 12 heavy (non-hydrogen) atoms. The summed E-state index contributed by atoms with van der Waals surface area (Å²) in [4.78, 5) is 10.8. The maximum absolute atomic E-state index is 11.9. The molecule has 0 saturated heterocycles. The van der Waals surface area contributed by atoms with E-state index in [4.69, 9.17) is 5.11 Å². The van der Waals surface area contributed by atoms with Gasteiger partial charge in [-0.05, 0) is 25.7 Å². The van der Waals surface area contributed by atoms with Crippen LogP contribution in [0.2, 0.25) is 0 Å². The van der Waals surface area contributed by atoms with E-state index in [2.05, 4.69) is 0 Å². The summed E-state index contributed by atoms with van der Waals surface area (Å²) in [6.07, 6.45) is 0.748. The highest BCUT2D eigenvalue weighted by Gasteiger charge is 2.35. The Morgan fingerprint density at radius 3 is 2.33 bits per heavy atom. The van der Waals surface area contributed by atoms with Crippen molar-refractivity contribution in [2.24, 2.45) is 11.3 Å². The fourth-order valence-corrected chi connectivity index (χ4v) is 1.08. The molecule has 0 aliphatic rings. The quantitative estimate of drug-likeness (QED) is 0.698. The van der Waals surface area contributed by atoms with Crippen molar-refractivity contribution in [1.82, 2.24) is 0 Å². The van der Waals surface area contributed by atoms with E-state index in [1.165, 1.54) is 0 Å². The molecule has 0 aromatic heterocycles. The van der Waals surface area contributed by atoms with Crippen molar-refractivity contribution in [1.29, 1.82) is 0 Å². The van der Waals surface area contributed by atoms with Crippen LogP contribution in [0.15, 0.2) is 0 Å². The minimum absolute atomic E-state index is 0.0431. The van der Waals surface area contributed by atoms with Gasteiger partial charge in [0.05, 0.1) is 12.1 Å². The topological polar surface area (TPSA) is 37.3 Å². The predicted molar refractivity (Wildman–Crippen MR) is 45.8 cm³/mol. The van der Waals surface area contributed by atoms with E-state index in [1.807, 2.05) is 13.8 Å². The van der Waals surface area contributed by atoms with Crippen LogP contribution in [0.1, 0.15) is 33.6 Å². The Hall–Kier alpha value is -0.600. The molecule has 0 aliphatic heterocycles. The molecule has 0 fully saturated rings. The molecule has 0 saturated carbocycles. The molecular weight excluding hydrogens is 159 g/mol. The summed E-state index contributed by atoms with van der Waals surface area (Å²) in [6.45, 7) is 4.95. The average molecular weight is 176 g/mol. The van der Waals surface area contributed by atoms with Gasteiger partial charge in [-0.15, -0.1) is 0 Å². The minimum atomic E-state index is -0.828. The Bertz CT molecular complexity index is 157. The fraction of sp³-hybridized carbons (Fsp3) is 0.889. The molecular formula is C9H17FO2. The van der Waals surface area contributed by atoms with Crippen molar-refractivity contribution in [2.45, 2.75) is 33.6 Å². The zero-order valence-electron chi connectivity index (χ0n) is 7.93. The zero-order chi connectivity index (χ0) is 9.78. The van der Waals surface area contributed by atoms with Crippen molar-refractivity contribution in [2.75, 3.05) is 6.67 Å². The van der Waals surface area contributed by atoms with Crippen LogP contribution in [0, 0.1) is 11.3 Å². The molecule has 0 aliphatic carbocycles. The van der Waals surface area contributed by atoms with Crippen LogP contribution < -0.4 is 0 Å². The predicted octanol–water partition coefficient (Wildman–Crippen LogP) is 2.48. The third-order valence-corrected chi connectivity index (χ3v) is 2.59. The lowest BCUT2D eigenvalue weighted by atomic mass is 9.76. The van der Waals surface area contributed by atoms with Gasteiger partial charge in [-0.3, -0.25) is 9.18 Å². The number of carbonyl (C=O) groups is 1. The largest absolute Gasteiger partial charge is 0.481 e. The van der Waals surface area contributed by atoms with Crippen LogP contribution in [-0.2, 0) is 4.79 Å². The van der Waals surface area contributed by atoms with Gasteiger partial charge in [-0.25, -0.2) is 0 Å². The standard InChI is InChI=1S/C9H17FO2/c1-7(2)9(3,8(11)12)5-4-6-10/h7H,4-6H2,1-3H3,(H,11,12). The Morgan fingerprint density at radius 2 is 2.08 bits per heavy atom. The zero-order valence-corrected chi connectivity index (χ0v) is 7.93. The summed E-state index contributed by atoms with van der Waals surface area (Å²) >= 11 is 0. The number of carboxylic acids is 1. The van der Waals surface area contributed by atoms with Gasteiger partial charge >= 0.3 is 5.97 Å². The van der Waals surface area contributed by atoms with Gasteiger partial charge < -0.3 is 5.11 Å². The molecule has 0 rings (SSSR count). The number of carboxylic acid groups (broad SMARTS) is 1. The first-order valence-electron chi connectivity index (χ1n) is 4.24. The van der Waals surface area contributed by atoms with Gasteiger partial charge in [0.1, 0.15) is 0 Å². The number of rotatable bonds is 5. The van der Waals surface area contributed by atoms with Crippen molar-refractivity contribution in [3.8, 4) is 0 Å². The monoisotopic (exact) mass is 176 g/mol. The molecule has 2 nitrogen and oxygen atoms in total. The van der Waals surface area contributed by atoms with Crippen LogP contribution in [0.25, 0.3) is 0 Å². The summed E-state index contributed by atoms with van der Waals surface area (Å²) in [5, 5.41) is 8.91. The van der Waals surface area contributed by atoms with E-state index in [0.717, 1.165) is 0 Å². The summed E-state index contributed by atoms with van der Waals surface area (Å²) in [5.41, 5.74) is -0.772. The van der Waals surface area contributed by atoms with Gasteiger partial charge in [0.25, 0.3) is 0 Å². The summed E-state index contributed by atoms with van der Waals surface area (Å²) in [7, 11) is 0. The molecule has 0 amide bonds. The number of halogens is 1. The van der Waals surface area contributed by atoms with Gasteiger partial charge in [0.15, 0.2) is 0 Å². The first-order chi connectivity index (χ1) is 5.45. The van der Waals surface area contributed by atoms with E-state index < -0.39 is 18.1 Å². The minimum Gasteiger partial charge on any atom is -0.481 e. The molecule has 0 spiro atoms. The lowest BCUT2D eigenvalue weighted by Crippen LogP contribution is -2.33. The molecule has 1 unspecified atom stereocenters. The van der Waals surface area contributed by atoms with Crippen molar-refractivity contribution >= 4 is 5.97 Å². The number of hydrogen-bond donors (Lipinski definition) is 1. The molecule has 1 N–H and O–H groups in total. The lowest BCUT2D eigenvalue weighted by Gasteiger charge is -2.28. The Balaban J connectivity index is 4.29. The van der Waals surface area contributed by atoms with Crippen LogP contribution in [0.5, 0.6) is 0 Å². The SMILES string of the molecule is CC(C)C(C)(CCCF)C(=O)O. The maximum atomic E-state index is 11.9. The van der Waals surface area contributed by atoms with E-state index in [-0.39, 0.29) is 5.92 Å². The first-order valence-corrected chi connectivity index (χ1v) is 4.24. The molecule has 0 radical (unpaired) electrons. The number of alkyl halides is 1. The lowest BCUT2D eigenvalue weighted by molar-refractivity contribution is -0.151. The molecule has 0 bridgehead atoms. The Kier molecular flexibility index (Phi) is 4.21. The van der Waals surface area contributed by atoms with Gasteiger partial charge in [-0.1, -0.05) is 13.8 Å². The second-order valence-electron chi connectivity index (χ2n) is 3.67. The van der Waals surface area contributed by atoms with Crippen LogP contribution >= 0.6 is 0 Å². The summed E-state index contributed by atoms with van der Waals surface area (Å²) < 4.78 is 11.9. The van der Waals surface area contributed by atoms with Crippen LogP contribution in [-0.4, -0.2) is 17.8 Å². The Morgan fingerprint density at radius 1 is 1.58 bits per heavy atom. The summed E-state index contributed by atoms with van der Waals surface area (Å²) in [5.74, 6) is -0.785. The summed E-state index contributed by atoms with van der Waals surface area (Å²) in [6, 6.07) is 0. The molecule has 3 heteroatoms. The Labute approximate surface area is 72.8 Å². The van der Waals surface area contributed by atoms with E-state index in [0.29, 0.717) is 12.8 Å². The van der Waals surface area contributed by atoms with Crippen LogP contribution in [0.4, 0.5) is 4.39 Å². The third-order valence-electron chi connectivity index (χ3n) is 2.59. The van der Waals surface area contributed by atoms with Crippen LogP contribution in [0.3, 0.4) is 0 Å². The highest BCUT2D eigenvalue weighted by Crippen LogP contribution is 2.32. The second-order valence-corrected chi connectivity index (χ2v) is 3.67. The smallest absolute Gasteiger partial charge is 0.309 e. The maximum Gasteiger partial charge on any atom is 0.309 e. The van der Waals surface area contributed by atoms with E-state index in [1.54, 1.807) is 6.92 Å². The third kappa shape index (κ3) is 2.47. The fourth-order valence-electron chi connectivity index (χ4n) is 1.08. The highest BCUT2D eigenvalue weighted by atomic mass is 19.1. The van der Waals surface area contributed by atoms with Crippen molar-refractivity contribution in [3.05, 3.63) is 0 Å². The molecule has 0 heterocycles. The number of aliphatic carboxylic acids is 1. The normalized spacial score (nSPS) is 16.1. The van der Waals surface area contributed by atoms with Gasteiger partial charge in [0, 0.05) is 0 Å². The average Bonchev–Trinajstić information content (AvgIpc) is 1.99. The van der Waals surface area contributed by atoms with Gasteiger partial charge in [-0.2, -0.15) is 0 Å².